The Morgan fingerprint density at radius 3 is 2.70 bits per heavy atom. The monoisotopic (exact) mass is 423 g/mol. The van der Waals surface area contributed by atoms with Crippen molar-refractivity contribution in [1.29, 1.82) is 0 Å². The van der Waals surface area contributed by atoms with Gasteiger partial charge in [-0.3, -0.25) is 14.2 Å². The summed E-state index contributed by atoms with van der Waals surface area (Å²) in [5.41, 5.74) is 0.429. The van der Waals surface area contributed by atoms with E-state index in [-0.39, 0.29) is 17.8 Å². The van der Waals surface area contributed by atoms with Gasteiger partial charge in [-0.15, -0.1) is 0 Å². The molecule has 1 N–H and O–H groups in total. The Kier molecular flexibility index (Phi) is 5.67. The lowest BCUT2D eigenvalue weighted by Gasteiger charge is -2.16. The van der Waals surface area contributed by atoms with E-state index < -0.39 is 17.0 Å². The summed E-state index contributed by atoms with van der Waals surface area (Å²) in [6.45, 7) is 1.87. The fourth-order valence-corrected chi connectivity index (χ4v) is 3.85. The van der Waals surface area contributed by atoms with Crippen molar-refractivity contribution in [3.63, 3.8) is 0 Å². The van der Waals surface area contributed by atoms with E-state index in [1.807, 2.05) is 0 Å². The van der Waals surface area contributed by atoms with Crippen molar-refractivity contribution < 1.29 is 13.6 Å². The summed E-state index contributed by atoms with van der Waals surface area (Å²) >= 11 is 1.13. The number of hydrogen-bond donors (Lipinski definition) is 1. The van der Waals surface area contributed by atoms with E-state index >= 15 is 0 Å². The predicted octanol–water partition coefficient (Wildman–Crippen LogP) is 4.30. The van der Waals surface area contributed by atoms with Gasteiger partial charge in [0, 0.05) is 0 Å². The maximum absolute atomic E-state index is 13.9. The number of anilines is 1. The van der Waals surface area contributed by atoms with Crippen LogP contribution in [0.25, 0.3) is 10.9 Å². The molecule has 8 heteroatoms. The van der Waals surface area contributed by atoms with Crippen LogP contribution in [-0.2, 0) is 11.3 Å². The Morgan fingerprint density at radius 1 is 1.17 bits per heavy atom. The molecule has 152 valence electrons. The number of para-hydroxylation sites is 2. The van der Waals surface area contributed by atoms with Crippen LogP contribution in [0.1, 0.15) is 12.7 Å². The SMILES string of the molecule is CC(Sc1nc2ccccc2c(=O)n1Cc1ccco1)C(=O)Nc1ccccc1F. The van der Waals surface area contributed by atoms with Crippen LogP contribution < -0.4 is 10.9 Å². The zero-order valence-corrected chi connectivity index (χ0v) is 16.9. The van der Waals surface area contributed by atoms with E-state index in [0.29, 0.717) is 21.8 Å². The Labute approximate surface area is 175 Å². The van der Waals surface area contributed by atoms with E-state index in [4.69, 9.17) is 4.42 Å². The molecular formula is C22H18FN3O3S. The first-order valence-corrected chi connectivity index (χ1v) is 10.1. The molecule has 0 bridgehead atoms. The maximum atomic E-state index is 13.9. The lowest BCUT2D eigenvalue weighted by Crippen LogP contribution is -2.27. The average molecular weight is 423 g/mol. The summed E-state index contributed by atoms with van der Waals surface area (Å²) in [6.07, 6.45) is 1.53. The van der Waals surface area contributed by atoms with Crippen molar-refractivity contribution in [3.05, 3.63) is 88.9 Å². The molecule has 0 aliphatic carbocycles. The van der Waals surface area contributed by atoms with Crippen LogP contribution >= 0.6 is 11.8 Å². The Balaban J connectivity index is 1.66. The second kappa shape index (κ2) is 8.54. The first-order chi connectivity index (χ1) is 14.5. The van der Waals surface area contributed by atoms with Crippen molar-refractivity contribution in [3.8, 4) is 0 Å². The number of nitrogens with one attached hydrogen (secondary N) is 1. The van der Waals surface area contributed by atoms with Gasteiger partial charge in [-0.2, -0.15) is 0 Å². The molecule has 0 saturated carbocycles. The third-order valence-electron chi connectivity index (χ3n) is 4.50. The van der Waals surface area contributed by atoms with Crippen LogP contribution in [0.2, 0.25) is 0 Å². The fraction of sp³-hybridized carbons (Fsp3) is 0.136. The van der Waals surface area contributed by atoms with Gasteiger partial charge in [0.25, 0.3) is 5.56 Å². The number of carbonyl (C=O) groups is 1. The van der Waals surface area contributed by atoms with Crippen molar-refractivity contribution in [2.45, 2.75) is 23.9 Å². The minimum atomic E-state index is -0.625. The van der Waals surface area contributed by atoms with Gasteiger partial charge in [-0.05, 0) is 43.3 Å². The Morgan fingerprint density at radius 2 is 1.93 bits per heavy atom. The van der Waals surface area contributed by atoms with Gasteiger partial charge in [0.15, 0.2) is 5.16 Å². The summed E-state index contributed by atoms with van der Waals surface area (Å²) in [6, 6.07) is 16.5. The van der Waals surface area contributed by atoms with E-state index in [9.17, 15) is 14.0 Å². The quantitative estimate of drug-likeness (QED) is 0.370. The second-order valence-corrected chi connectivity index (χ2v) is 7.92. The molecule has 0 aliphatic rings. The zero-order valence-electron chi connectivity index (χ0n) is 16.0. The highest BCUT2D eigenvalue weighted by Gasteiger charge is 2.21. The number of aromatic nitrogens is 2. The van der Waals surface area contributed by atoms with Crippen LogP contribution in [0.3, 0.4) is 0 Å². The van der Waals surface area contributed by atoms with Gasteiger partial charge in [0.05, 0.1) is 34.6 Å². The van der Waals surface area contributed by atoms with Crippen molar-refractivity contribution in [1.82, 2.24) is 9.55 Å². The van der Waals surface area contributed by atoms with E-state index in [1.165, 1.54) is 23.0 Å². The molecule has 2 heterocycles. The number of nitrogens with zero attached hydrogens (tertiary/aromatic N) is 2. The van der Waals surface area contributed by atoms with Gasteiger partial charge in [0.2, 0.25) is 5.91 Å². The number of fused-ring (bicyclic) bond motifs is 1. The van der Waals surface area contributed by atoms with E-state index in [0.717, 1.165) is 11.8 Å². The molecule has 4 aromatic rings. The highest BCUT2D eigenvalue weighted by molar-refractivity contribution is 8.00. The molecule has 0 spiro atoms. The normalized spacial score (nSPS) is 12.1. The number of rotatable bonds is 6. The number of thioether (sulfide) groups is 1. The molecule has 1 amide bonds. The number of furan rings is 1. The van der Waals surface area contributed by atoms with Gasteiger partial charge < -0.3 is 9.73 Å². The molecular weight excluding hydrogens is 405 g/mol. The van der Waals surface area contributed by atoms with Gasteiger partial charge in [0.1, 0.15) is 11.6 Å². The first-order valence-electron chi connectivity index (χ1n) is 9.27. The fourth-order valence-electron chi connectivity index (χ4n) is 2.94. The molecule has 4 rings (SSSR count). The standard InChI is InChI=1S/C22H18FN3O3S/c1-14(20(27)24-19-11-5-3-9-17(19)23)30-22-25-18-10-4-2-8-16(18)21(28)26(22)13-15-7-6-12-29-15/h2-12,14H,13H2,1H3,(H,24,27). The number of hydrogen-bond acceptors (Lipinski definition) is 5. The average Bonchev–Trinajstić information content (AvgIpc) is 3.26. The minimum absolute atomic E-state index is 0.106. The number of carbonyl (C=O) groups excluding carboxylic acids is 1. The van der Waals surface area contributed by atoms with Gasteiger partial charge in [-0.1, -0.05) is 36.0 Å². The molecule has 2 aromatic carbocycles. The molecule has 0 aliphatic heterocycles. The number of amides is 1. The molecule has 1 unspecified atom stereocenters. The number of halogens is 1. The third kappa shape index (κ3) is 4.13. The Hall–Kier alpha value is -3.39. The predicted molar refractivity (Wildman–Crippen MR) is 114 cm³/mol. The molecule has 6 nitrogen and oxygen atoms in total. The van der Waals surface area contributed by atoms with E-state index in [2.05, 4.69) is 10.3 Å². The molecule has 1 atom stereocenters. The molecule has 0 radical (unpaired) electrons. The molecule has 2 aromatic heterocycles. The maximum Gasteiger partial charge on any atom is 0.262 e. The van der Waals surface area contributed by atoms with Crippen LogP contribution in [-0.4, -0.2) is 20.7 Å². The topological polar surface area (TPSA) is 77.1 Å². The van der Waals surface area contributed by atoms with E-state index in [1.54, 1.807) is 55.5 Å². The first kappa shape index (κ1) is 19.9. The highest BCUT2D eigenvalue weighted by Crippen LogP contribution is 2.25. The number of benzene rings is 2. The smallest absolute Gasteiger partial charge is 0.262 e. The van der Waals surface area contributed by atoms with Gasteiger partial charge in [-0.25, -0.2) is 9.37 Å². The summed E-state index contributed by atoms with van der Waals surface area (Å²) in [4.78, 5) is 30.3. The summed E-state index contributed by atoms with van der Waals surface area (Å²) in [7, 11) is 0. The van der Waals surface area contributed by atoms with Crippen LogP contribution in [0.5, 0.6) is 0 Å². The third-order valence-corrected chi connectivity index (χ3v) is 5.59. The van der Waals surface area contributed by atoms with Crippen LogP contribution in [0.15, 0.2) is 81.3 Å². The molecule has 0 saturated heterocycles. The Bertz CT molecular complexity index is 1250. The summed E-state index contributed by atoms with van der Waals surface area (Å²) in [5, 5.41) is 2.82. The lowest BCUT2D eigenvalue weighted by atomic mass is 10.2. The lowest BCUT2D eigenvalue weighted by molar-refractivity contribution is -0.115. The minimum Gasteiger partial charge on any atom is -0.467 e. The summed E-state index contributed by atoms with van der Waals surface area (Å²) < 4.78 is 20.7. The van der Waals surface area contributed by atoms with Crippen molar-refractivity contribution in [2.75, 3.05) is 5.32 Å². The largest absolute Gasteiger partial charge is 0.467 e. The zero-order chi connectivity index (χ0) is 21.1. The van der Waals surface area contributed by atoms with Crippen LogP contribution in [0.4, 0.5) is 10.1 Å². The molecule has 30 heavy (non-hydrogen) atoms. The van der Waals surface area contributed by atoms with Gasteiger partial charge >= 0.3 is 0 Å². The van der Waals surface area contributed by atoms with Crippen molar-refractivity contribution >= 4 is 34.3 Å². The molecule has 0 fully saturated rings. The summed E-state index contributed by atoms with van der Waals surface area (Å²) in [5.74, 6) is -0.307. The highest BCUT2D eigenvalue weighted by atomic mass is 32.2. The second-order valence-electron chi connectivity index (χ2n) is 6.61. The van der Waals surface area contributed by atoms with Crippen LogP contribution in [0, 0.1) is 5.82 Å². The van der Waals surface area contributed by atoms with Crippen molar-refractivity contribution in [2.24, 2.45) is 0 Å².